The largest absolute Gasteiger partial charge is 0.481 e. The summed E-state index contributed by atoms with van der Waals surface area (Å²) in [7, 11) is 0. The number of carboxylic acids is 2. The van der Waals surface area contributed by atoms with Crippen LogP contribution in [0.5, 0.6) is 0 Å². The molecule has 0 aliphatic rings. The lowest BCUT2D eigenvalue weighted by atomic mass is 10.1. The number of benzene rings is 1. The molecule has 1 rings (SSSR count). The monoisotopic (exact) mass is 270 g/mol. The van der Waals surface area contributed by atoms with Crippen LogP contribution in [0.15, 0.2) is 18.2 Å². The maximum Gasteiger partial charge on any atom is 0.338 e. The topological polar surface area (TPSA) is 130 Å². The van der Waals surface area contributed by atoms with E-state index in [9.17, 15) is 18.8 Å². The first kappa shape index (κ1) is 14.6. The van der Waals surface area contributed by atoms with Gasteiger partial charge in [0.05, 0.1) is 18.0 Å². The fraction of sp³-hybridized carbons (Fsp3) is 0.182. The van der Waals surface area contributed by atoms with Gasteiger partial charge in [-0.25, -0.2) is 9.18 Å². The van der Waals surface area contributed by atoms with Gasteiger partial charge < -0.3 is 21.3 Å². The zero-order chi connectivity index (χ0) is 14.6. The Morgan fingerprint density at radius 1 is 1.32 bits per heavy atom. The SMILES string of the molecule is NC(CC(=O)O)C(=O)Nc1ccc(C(=O)O)c(F)c1. The van der Waals surface area contributed by atoms with Crippen LogP contribution >= 0.6 is 0 Å². The number of hydrogen-bond donors (Lipinski definition) is 4. The van der Waals surface area contributed by atoms with Gasteiger partial charge in [-0.3, -0.25) is 9.59 Å². The molecule has 1 unspecified atom stereocenters. The van der Waals surface area contributed by atoms with Gasteiger partial charge in [0.1, 0.15) is 5.82 Å². The van der Waals surface area contributed by atoms with Crippen LogP contribution in [0, 0.1) is 5.82 Å². The van der Waals surface area contributed by atoms with Gasteiger partial charge in [0.25, 0.3) is 0 Å². The number of carbonyl (C=O) groups is 3. The maximum atomic E-state index is 13.3. The van der Waals surface area contributed by atoms with Crippen LogP contribution in [-0.4, -0.2) is 34.1 Å². The first-order valence-corrected chi connectivity index (χ1v) is 5.12. The average Bonchev–Trinajstić information content (AvgIpc) is 2.27. The summed E-state index contributed by atoms with van der Waals surface area (Å²) in [6.45, 7) is 0. The molecule has 0 bridgehead atoms. The molecule has 0 aromatic heterocycles. The summed E-state index contributed by atoms with van der Waals surface area (Å²) in [5.41, 5.74) is 4.76. The van der Waals surface area contributed by atoms with Gasteiger partial charge in [0.2, 0.25) is 5.91 Å². The second-order valence-corrected chi connectivity index (χ2v) is 3.69. The van der Waals surface area contributed by atoms with E-state index in [1.165, 1.54) is 6.07 Å². The van der Waals surface area contributed by atoms with Crippen LogP contribution in [-0.2, 0) is 9.59 Å². The second-order valence-electron chi connectivity index (χ2n) is 3.69. The summed E-state index contributed by atoms with van der Waals surface area (Å²) in [4.78, 5) is 32.4. The van der Waals surface area contributed by atoms with Crippen LogP contribution in [0.2, 0.25) is 0 Å². The Hall–Kier alpha value is -2.48. The highest BCUT2D eigenvalue weighted by molar-refractivity contribution is 5.97. The van der Waals surface area contributed by atoms with Crippen LogP contribution in [0.4, 0.5) is 10.1 Å². The Morgan fingerprint density at radius 2 is 1.95 bits per heavy atom. The second kappa shape index (κ2) is 5.91. The van der Waals surface area contributed by atoms with Crippen molar-refractivity contribution in [3.05, 3.63) is 29.6 Å². The summed E-state index contributed by atoms with van der Waals surface area (Å²) in [5, 5.41) is 19.3. The fourth-order valence-corrected chi connectivity index (χ4v) is 1.28. The highest BCUT2D eigenvalue weighted by atomic mass is 19.1. The summed E-state index contributed by atoms with van der Waals surface area (Å²) in [5.74, 6) is -4.49. The third-order valence-corrected chi connectivity index (χ3v) is 2.20. The Bertz CT molecular complexity index is 532. The lowest BCUT2D eigenvalue weighted by Crippen LogP contribution is -2.37. The summed E-state index contributed by atoms with van der Waals surface area (Å²) < 4.78 is 13.3. The van der Waals surface area contributed by atoms with E-state index >= 15 is 0 Å². The predicted octanol–water partition coefficient (Wildman–Crippen LogP) is 0.264. The van der Waals surface area contributed by atoms with Crippen molar-refractivity contribution >= 4 is 23.5 Å². The number of aliphatic carboxylic acids is 1. The van der Waals surface area contributed by atoms with E-state index < -0.39 is 41.7 Å². The lowest BCUT2D eigenvalue weighted by molar-refractivity contribution is -0.138. The van der Waals surface area contributed by atoms with Crippen molar-refractivity contribution < 1.29 is 29.0 Å². The van der Waals surface area contributed by atoms with E-state index in [0.29, 0.717) is 0 Å². The minimum absolute atomic E-state index is 0.00617. The average molecular weight is 270 g/mol. The number of aromatic carboxylic acids is 1. The molecular formula is C11H11FN2O5. The van der Waals surface area contributed by atoms with Crippen LogP contribution in [0.3, 0.4) is 0 Å². The summed E-state index contributed by atoms with van der Waals surface area (Å²) >= 11 is 0. The van der Waals surface area contributed by atoms with Crippen molar-refractivity contribution in [3.8, 4) is 0 Å². The highest BCUT2D eigenvalue weighted by Crippen LogP contribution is 2.14. The molecule has 1 amide bonds. The van der Waals surface area contributed by atoms with Crippen molar-refractivity contribution in [1.82, 2.24) is 0 Å². The number of nitrogens with two attached hydrogens (primary N) is 1. The van der Waals surface area contributed by atoms with E-state index in [-0.39, 0.29) is 5.69 Å². The normalized spacial score (nSPS) is 11.7. The van der Waals surface area contributed by atoms with Gasteiger partial charge in [-0.05, 0) is 18.2 Å². The Kier molecular flexibility index (Phi) is 4.54. The first-order valence-electron chi connectivity index (χ1n) is 5.12. The molecule has 0 saturated heterocycles. The number of nitrogens with one attached hydrogen (secondary N) is 1. The minimum atomic E-state index is -1.43. The fourth-order valence-electron chi connectivity index (χ4n) is 1.28. The van der Waals surface area contributed by atoms with Gasteiger partial charge >= 0.3 is 11.9 Å². The number of rotatable bonds is 5. The molecule has 0 aliphatic heterocycles. The van der Waals surface area contributed by atoms with Gasteiger partial charge in [0, 0.05) is 5.69 Å². The molecule has 0 spiro atoms. The molecule has 8 heteroatoms. The van der Waals surface area contributed by atoms with Crippen molar-refractivity contribution in [3.63, 3.8) is 0 Å². The molecule has 0 heterocycles. The smallest absolute Gasteiger partial charge is 0.338 e. The molecule has 19 heavy (non-hydrogen) atoms. The predicted molar refractivity (Wildman–Crippen MR) is 62.2 cm³/mol. The number of anilines is 1. The van der Waals surface area contributed by atoms with Crippen molar-refractivity contribution in [2.24, 2.45) is 5.73 Å². The zero-order valence-electron chi connectivity index (χ0n) is 9.59. The molecule has 0 fully saturated rings. The quantitative estimate of drug-likeness (QED) is 0.607. The molecule has 102 valence electrons. The molecular weight excluding hydrogens is 259 g/mol. The standard InChI is InChI=1S/C11H11FN2O5/c12-7-3-5(1-2-6(7)11(18)19)14-10(17)8(13)4-9(15)16/h1-3,8H,4,13H2,(H,14,17)(H,15,16)(H,18,19). The first-order chi connectivity index (χ1) is 8.81. The number of hydrogen-bond acceptors (Lipinski definition) is 4. The molecule has 0 radical (unpaired) electrons. The zero-order valence-corrected chi connectivity index (χ0v) is 9.59. The number of carbonyl (C=O) groups excluding carboxylic acids is 1. The third-order valence-electron chi connectivity index (χ3n) is 2.20. The Morgan fingerprint density at radius 3 is 2.42 bits per heavy atom. The minimum Gasteiger partial charge on any atom is -0.481 e. The van der Waals surface area contributed by atoms with Gasteiger partial charge in [-0.15, -0.1) is 0 Å². The number of carboxylic acid groups (broad SMARTS) is 2. The maximum absolute atomic E-state index is 13.3. The van der Waals surface area contributed by atoms with Crippen molar-refractivity contribution in [1.29, 1.82) is 0 Å². The molecule has 7 nitrogen and oxygen atoms in total. The molecule has 1 aromatic carbocycles. The van der Waals surface area contributed by atoms with E-state index in [0.717, 1.165) is 12.1 Å². The molecule has 5 N–H and O–H groups in total. The third kappa shape index (κ3) is 4.03. The van der Waals surface area contributed by atoms with E-state index in [1.807, 2.05) is 0 Å². The van der Waals surface area contributed by atoms with Crippen LogP contribution in [0.1, 0.15) is 16.8 Å². The molecule has 1 aromatic rings. The van der Waals surface area contributed by atoms with Crippen LogP contribution in [0.25, 0.3) is 0 Å². The van der Waals surface area contributed by atoms with Crippen molar-refractivity contribution in [2.75, 3.05) is 5.32 Å². The Labute approximate surface area is 106 Å². The molecule has 0 aliphatic carbocycles. The van der Waals surface area contributed by atoms with Gasteiger partial charge in [-0.2, -0.15) is 0 Å². The Balaban J connectivity index is 2.78. The molecule has 0 saturated carbocycles. The van der Waals surface area contributed by atoms with Crippen LogP contribution < -0.4 is 11.1 Å². The number of halogens is 1. The van der Waals surface area contributed by atoms with Gasteiger partial charge in [0.15, 0.2) is 0 Å². The number of amides is 1. The molecule has 1 atom stereocenters. The lowest BCUT2D eigenvalue weighted by Gasteiger charge is -2.10. The van der Waals surface area contributed by atoms with E-state index in [4.69, 9.17) is 15.9 Å². The van der Waals surface area contributed by atoms with Gasteiger partial charge in [-0.1, -0.05) is 0 Å². The van der Waals surface area contributed by atoms with Crippen molar-refractivity contribution in [2.45, 2.75) is 12.5 Å². The van der Waals surface area contributed by atoms with E-state index in [1.54, 1.807) is 0 Å². The summed E-state index contributed by atoms with van der Waals surface area (Å²) in [6.07, 6.45) is -0.568. The summed E-state index contributed by atoms with van der Waals surface area (Å²) in [6, 6.07) is 1.70. The van der Waals surface area contributed by atoms with E-state index in [2.05, 4.69) is 5.32 Å². The highest BCUT2D eigenvalue weighted by Gasteiger charge is 2.18.